The Hall–Kier alpha value is -0.0431. The second-order valence-corrected chi connectivity index (χ2v) is 7.70. The van der Waals surface area contributed by atoms with Crippen molar-refractivity contribution in [1.82, 2.24) is 0 Å². The maximum absolute atomic E-state index is 3.60. The van der Waals surface area contributed by atoms with E-state index in [1.807, 2.05) is 6.08 Å². The molecule has 1 heteroatoms. The molecule has 0 aromatic carbocycles. The summed E-state index contributed by atoms with van der Waals surface area (Å²) in [4.78, 5) is 0. The molecule has 0 unspecified atom stereocenters. The van der Waals surface area contributed by atoms with E-state index in [-0.39, 0.29) is 8.80 Å². The van der Waals surface area contributed by atoms with Crippen molar-refractivity contribution >= 4 is 8.80 Å². The maximum atomic E-state index is 3.60. The number of allylic oxidation sites excluding steroid dienone is 1. The van der Waals surface area contributed by atoms with Gasteiger partial charge in [-0.2, -0.15) is 0 Å². The minimum Gasteiger partial charge on any atom is -0.103 e. The lowest BCUT2D eigenvalue weighted by Gasteiger charge is -2.03. The van der Waals surface area contributed by atoms with Crippen LogP contribution in [-0.2, 0) is 0 Å². The molecule has 80 valence electrons. The van der Waals surface area contributed by atoms with E-state index < -0.39 is 0 Å². The largest absolute Gasteiger partial charge is 0.103 e. The van der Waals surface area contributed by atoms with Gasteiger partial charge in [0.1, 0.15) is 0 Å². The Balaban J connectivity index is 0. The van der Waals surface area contributed by atoms with Crippen LogP contribution in [0.4, 0.5) is 0 Å². The van der Waals surface area contributed by atoms with Gasteiger partial charge in [-0.05, 0) is 6.42 Å². The standard InChI is InChI=1S/C6H16Si.C6H12/c1-4-7(5-2)6-3;1-3-5-6-4-2/h7H,4-6H2,1-3H3;3H,1,4-6H2,2H3. The van der Waals surface area contributed by atoms with Crippen molar-refractivity contribution in [2.24, 2.45) is 0 Å². The van der Waals surface area contributed by atoms with E-state index in [9.17, 15) is 0 Å². The molecule has 0 spiro atoms. The highest BCUT2D eigenvalue weighted by Crippen LogP contribution is 2.01. The fourth-order valence-corrected chi connectivity index (χ4v) is 2.95. The summed E-state index contributed by atoms with van der Waals surface area (Å²) in [6, 6.07) is 4.48. The smallest absolute Gasteiger partial charge is 0.0359 e. The molecule has 0 fully saturated rings. The van der Waals surface area contributed by atoms with Gasteiger partial charge in [0.25, 0.3) is 0 Å². The van der Waals surface area contributed by atoms with Gasteiger partial charge in [0.15, 0.2) is 0 Å². The second kappa shape index (κ2) is 14.5. The van der Waals surface area contributed by atoms with Crippen LogP contribution in [0.1, 0.15) is 47.0 Å². The van der Waals surface area contributed by atoms with Crippen LogP contribution < -0.4 is 0 Å². The molecule has 0 aliphatic rings. The van der Waals surface area contributed by atoms with Crippen LogP contribution in [0.15, 0.2) is 12.7 Å². The fraction of sp³-hybridized carbons (Fsp3) is 0.833. The van der Waals surface area contributed by atoms with Gasteiger partial charge >= 0.3 is 0 Å². The Labute approximate surface area is 87.0 Å². The summed E-state index contributed by atoms with van der Waals surface area (Å²) in [5.74, 6) is 0. The maximum Gasteiger partial charge on any atom is 0.0359 e. The van der Waals surface area contributed by atoms with Crippen molar-refractivity contribution in [2.75, 3.05) is 0 Å². The summed E-state index contributed by atoms with van der Waals surface area (Å²) in [5.41, 5.74) is 0. The van der Waals surface area contributed by atoms with E-state index in [2.05, 4.69) is 34.3 Å². The number of rotatable bonds is 6. The van der Waals surface area contributed by atoms with Gasteiger partial charge in [-0.3, -0.25) is 0 Å². The highest BCUT2D eigenvalue weighted by Gasteiger charge is 1.98. The zero-order valence-corrected chi connectivity index (χ0v) is 11.3. The predicted molar refractivity (Wildman–Crippen MR) is 68.3 cm³/mol. The Morgan fingerprint density at radius 2 is 1.46 bits per heavy atom. The summed E-state index contributed by atoms with van der Waals surface area (Å²) in [6.45, 7) is 12.8. The third-order valence-corrected chi connectivity index (χ3v) is 5.96. The summed E-state index contributed by atoms with van der Waals surface area (Å²) in [6.07, 6.45) is 5.72. The Morgan fingerprint density at radius 3 is 1.54 bits per heavy atom. The summed E-state index contributed by atoms with van der Waals surface area (Å²) < 4.78 is 0. The Kier molecular flexibility index (Phi) is 17.2. The minimum absolute atomic E-state index is 0.171. The van der Waals surface area contributed by atoms with Crippen molar-refractivity contribution in [3.05, 3.63) is 12.7 Å². The lowest BCUT2D eigenvalue weighted by molar-refractivity contribution is 0.816. The molecule has 0 nitrogen and oxygen atoms in total. The zero-order valence-electron chi connectivity index (χ0n) is 10.1. The Morgan fingerprint density at radius 1 is 1.00 bits per heavy atom. The molecule has 0 aromatic rings. The highest BCUT2D eigenvalue weighted by atomic mass is 28.3. The van der Waals surface area contributed by atoms with E-state index >= 15 is 0 Å². The summed E-state index contributed by atoms with van der Waals surface area (Å²) in [7, 11) is -0.171. The van der Waals surface area contributed by atoms with Gasteiger partial charge in [0.05, 0.1) is 0 Å². The van der Waals surface area contributed by atoms with Crippen LogP contribution in [0.3, 0.4) is 0 Å². The molecule has 0 aliphatic heterocycles. The molecule has 0 rings (SSSR count). The first-order valence-corrected chi connectivity index (χ1v) is 8.32. The van der Waals surface area contributed by atoms with E-state index in [1.165, 1.54) is 37.4 Å². The van der Waals surface area contributed by atoms with Gasteiger partial charge < -0.3 is 0 Å². The van der Waals surface area contributed by atoms with Gasteiger partial charge in [-0.15, -0.1) is 6.58 Å². The van der Waals surface area contributed by atoms with Crippen molar-refractivity contribution in [2.45, 2.75) is 65.1 Å². The van der Waals surface area contributed by atoms with Crippen molar-refractivity contribution in [1.29, 1.82) is 0 Å². The molecule has 0 heterocycles. The van der Waals surface area contributed by atoms with Gasteiger partial charge in [0.2, 0.25) is 0 Å². The number of hydrogen-bond donors (Lipinski definition) is 0. The molecule has 0 saturated carbocycles. The molecule has 0 aromatic heterocycles. The summed E-state index contributed by atoms with van der Waals surface area (Å²) >= 11 is 0. The second-order valence-electron chi connectivity index (χ2n) is 3.52. The van der Waals surface area contributed by atoms with Crippen molar-refractivity contribution in [3.8, 4) is 0 Å². The first-order chi connectivity index (χ1) is 6.26. The summed E-state index contributed by atoms with van der Waals surface area (Å²) in [5, 5.41) is 0. The molecule has 0 radical (unpaired) electrons. The van der Waals surface area contributed by atoms with E-state index in [0.717, 1.165) is 0 Å². The van der Waals surface area contributed by atoms with E-state index in [0.29, 0.717) is 0 Å². The SMILES string of the molecule is C=CCCCC.CC[SiH](CC)CC. The third kappa shape index (κ3) is 14.8. The number of hydrogen-bond acceptors (Lipinski definition) is 0. The van der Waals surface area contributed by atoms with Crippen LogP contribution in [0.5, 0.6) is 0 Å². The van der Waals surface area contributed by atoms with Crippen LogP contribution in [0.2, 0.25) is 18.1 Å². The molecule has 0 bridgehead atoms. The topological polar surface area (TPSA) is 0 Å². The lowest BCUT2D eigenvalue weighted by atomic mass is 10.3. The molecule has 0 amide bonds. The molecular formula is C12H28Si. The third-order valence-electron chi connectivity index (χ3n) is 2.49. The molecule has 0 aliphatic carbocycles. The van der Waals surface area contributed by atoms with Gasteiger partial charge in [-0.1, -0.05) is 64.7 Å². The zero-order chi connectivity index (χ0) is 10.5. The average molecular weight is 200 g/mol. The molecule has 13 heavy (non-hydrogen) atoms. The quantitative estimate of drug-likeness (QED) is 0.333. The van der Waals surface area contributed by atoms with Crippen LogP contribution in [-0.4, -0.2) is 8.80 Å². The normalized spacial score (nSPS) is 9.31. The van der Waals surface area contributed by atoms with E-state index in [1.54, 1.807) is 0 Å². The fourth-order valence-electron chi connectivity index (χ4n) is 1.21. The van der Waals surface area contributed by atoms with Crippen molar-refractivity contribution in [3.63, 3.8) is 0 Å². The monoisotopic (exact) mass is 200 g/mol. The van der Waals surface area contributed by atoms with Crippen molar-refractivity contribution < 1.29 is 0 Å². The number of unbranched alkanes of at least 4 members (excludes halogenated alkanes) is 2. The van der Waals surface area contributed by atoms with Gasteiger partial charge in [0, 0.05) is 8.80 Å². The molecular weight excluding hydrogens is 172 g/mol. The average Bonchev–Trinajstić information content (AvgIpc) is 2.18. The van der Waals surface area contributed by atoms with E-state index in [4.69, 9.17) is 0 Å². The first kappa shape index (κ1) is 15.4. The molecule has 0 atom stereocenters. The van der Waals surface area contributed by atoms with Crippen LogP contribution >= 0.6 is 0 Å². The first-order valence-electron chi connectivity index (χ1n) is 5.87. The highest BCUT2D eigenvalue weighted by molar-refractivity contribution is 6.58. The predicted octanol–water partition coefficient (Wildman–Crippen LogP) is 4.64. The lowest BCUT2D eigenvalue weighted by Crippen LogP contribution is -2.04. The minimum atomic E-state index is -0.171. The van der Waals surface area contributed by atoms with Crippen LogP contribution in [0.25, 0.3) is 0 Å². The Bertz CT molecular complexity index is 79.6. The van der Waals surface area contributed by atoms with Crippen LogP contribution in [0, 0.1) is 0 Å². The molecule has 0 N–H and O–H groups in total. The molecule has 0 saturated heterocycles. The van der Waals surface area contributed by atoms with Gasteiger partial charge in [-0.25, -0.2) is 0 Å².